The lowest BCUT2D eigenvalue weighted by atomic mass is 10.0. The summed E-state index contributed by atoms with van der Waals surface area (Å²) in [5.74, 6) is -1.05. The normalized spacial score (nSPS) is 11.1. The van der Waals surface area contributed by atoms with E-state index in [1.54, 1.807) is 12.1 Å². The highest BCUT2D eigenvalue weighted by Gasteiger charge is 2.34. The van der Waals surface area contributed by atoms with E-state index in [0.717, 1.165) is 23.3 Å². The van der Waals surface area contributed by atoms with E-state index in [0.29, 0.717) is 12.2 Å². The highest BCUT2D eigenvalue weighted by molar-refractivity contribution is 6.02. The number of benzene rings is 3. The van der Waals surface area contributed by atoms with Crippen molar-refractivity contribution in [1.82, 2.24) is 0 Å². The maximum Gasteiger partial charge on any atom is 0.418 e. The number of hydrogen-bond donors (Lipinski definition) is 2. The number of anilines is 2. The van der Waals surface area contributed by atoms with Crippen LogP contribution in [0.25, 0.3) is 0 Å². The Morgan fingerprint density at radius 1 is 0.861 bits per heavy atom. The Kier molecular flexibility index (Phi) is 7.39. The number of hydrogen-bond acceptors (Lipinski definition) is 4. The van der Waals surface area contributed by atoms with Crippen LogP contribution in [0.3, 0.4) is 0 Å². The summed E-state index contributed by atoms with van der Waals surface area (Å²) in [5, 5.41) is 4.59. The van der Waals surface area contributed by atoms with Crippen molar-refractivity contribution in [3.8, 4) is 5.75 Å². The van der Waals surface area contributed by atoms with E-state index in [2.05, 4.69) is 10.6 Å². The molecule has 0 atom stereocenters. The van der Waals surface area contributed by atoms with E-state index >= 15 is 0 Å². The molecule has 0 aliphatic carbocycles. The van der Waals surface area contributed by atoms with Gasteiger partial charge < -0.3 is 19.8 Å². The fourth-order valence-corrected chi connectivity index (χ4v) is 3.50. The van der Waals surface area contributed by atoms with Crippen LogP contribution in [0.1, 0.15) is 27.2 Å². The number of halogens is 3. The van der Waals surface area contributed by atoms with E-state index in [9.17, 15) is 22.8 Å². The first-order valence-corrected chi connectivity index (χ1v) is 10.9. The molecule has 0 unspecified atom stereocenters. The van der Waals surface area contributed by atoms with Crippen LogP contribution in [0.2, 0.25) is 0 Å². The minimum atomic E-state index is -4.78. The van der Waals surface area contributed by atoms with Gasteiger partial charge in [-0.15, -0.1) is 0 Å². The lowest BCUT2D eigenvalue weighted by molar-refractivity contribution is -0.137. The summed E-state index contributed by atoms with van der Waals surface area (Å²) in [6.45, 7) is -0.486. The summed E-state index contributed by atoms with van der Waals surface area (Å²) < 4.78 is 51.6. The average molecular weight is 494 g/mol. The molecule has 0 aliphatic rings. The summed E-state index contributed by atoms with van der Waals surface area (Å²) >= 11 is 0. The van der Waals surface area contributed by atoms with E-state index in [-0.39, 0.29) is 11.4 Å². The Labute approximate surface area is 204 Å². The molecule has 3 aromatic carbocycles. The SMILES string of the molecule is O=C(COc1ccccc1Cc1ccccc1)Nc1ccc(NC(=O)c2ccco2)cc1C(F)(F)F. The molecule has 0 saturated carbocycles. The molecule has 2 amide bonds. The first-order chi connectivity index (χ1) is 17.3. The minimum absolute atomic E-state index is 0.0503. The van der Waals surface area contributed by atoms with Gasteiger partial charge in [0.1, 0.15) is 5.75 Å². The van der Waals surface area contributed by atoms with Gasteiger partial charge in [-0.25, -0.2) is 0 Å². The van der Waals surface area contributed by atoms with Crippen LogP contribution in [0.15, 0.2) is 95.6 Å². The Morgan fingerprint density at radius 2 is 1.61 bits per heavy atom. The summed E-state index contributed by atoms with van der Waals surface area (Å²) in [6, 6.07) is 22.7. The molecule has 0 aliphatic heterocycles. The lowest BCUT2D eigenvalue weighted by Crippen LogP contribution is -2.23. The number of para-hydroxylation sites is 1. The molecule has 9 heteroatoms. The van der Waals surface area contributed by atoms with Crippen LogP contribution in [0.5, 0.6) is 5.75 Å². The smallest absolute Gasteiger partial charge is 0.418 e. The molecule has 0 saturated heterocycles. The third-order valence-electron chi connectivity index (χ3n) is 5.17. The van der Waals surface area contributed by atoms with Gasteiger partial charge in [0.15, 0.2) is 12.4 Å². The predicted molar refractivity (Wildman–Crippen MR) is 128 cm³/mol. The van der Waals surface area contributed by atoms with Crippen molar-refractivity contribution in [2.45, 2.75) is 12.6 Å². The molecule has 4 rings (SSSR count). The number of nitrogens with one attached hydrogen (secondary N) is 2. The van der Waals surface area contributed by atoms with Crippen LogP contribution in [0.4, 0.5) is 24.5 Å². The molecule has 0 radical (unpaired) electrons. The van der Waals surface area contributed by atoms with Gasteiger partial charge in [-0.05, 0) is 47.5 Å². The minimum Gasteiger partial charge on any atom is -0.483 e. The van der Waals surface area contributed by atoms with Crippen molar-refractivity contribution in [1.29, 1.82) is 0 Å². The first kappa shape index (κ1) is 24.6. The van der Waals surface area contributed by atoms with E-state index < -0.39 is 35.8 Å². The molecular formula is C27H21F3N2O4. The van der Waals surface area contributed by atoms with Gasteiger partial charge in [0.2, 0.25) is 0 Å². The second-order valence-electron chi connectivity index (χ2n) is 7.80. The van der Waals surface area contributed by atoms with Crippen LogP contribution in [0, 0.1) is 0 Å². The second-order valence-corrected chi connectivity index (χ2v) is 7.80. The van der Waals surface area contributed by atoms with Gasteiger partial charge >= 0.3 is 6.18 Å². The number of carbonyl (C=O) groups excluding carboxylic acids is 2. The zero-order chi connectivity index (χ0) is 25.5. The fraction of sp³-hybridized carbons (Fsp3) is 0.111. The van der Waals surface area contributed by atoms with Crippen molar-refractivity contribution < 1.29 is 31.9 Å². The van der Waals surface area contributed by atoms with E-state index in [4.69, 9.17) is 9.15 Å². The molecule has 0 spiro atoms. The zero-order valence-corrected chi connectivity index (χ0v) is 18.8. The highest BCUT2D eigenvalue weighted by Crippen LogP contribution is 2.36. The van der Waals surface area contributed by atoms with Gasteiger partial charge in [-0.1, -0.05) is 48.5 Å². The molecular weight excluding hydrogens is 473 g/mol. The largest absolute Gasteiger partial charge is 0.483 e. The van der Waals surface area contributed by atoms with Gasteiger partial charge in [0, 0.05) is 12.1 Å². The summed E-state index contributed by atoms with van der Waals surface area (Å²) in [6.07, 6.45) is -2.93. The van der Waals surface area contributed by atoms with Crippen molar-refractivity contribution in [2.24, 2.45) is 0 Å². The maximum absolute atomic E-state index is 13.7. The van der Waals surface area contributed by atoms with Crippen LogP contribution < -0.4 is 15.4 Å². The molecule has 0 bridgehead atoms. The Bertz CT molecular complexity index is 1340. The second kappa shape index (κ2) is 10.8. The quantitative estimate of drug-likeness (QED) is 0.308. The number of alkyl halides is 3. The fourth-order valence-electron chi connectivity index (χ4n) is 3.50. The Hall–Kier alpha value is -4.53. The molecule has 36 heavy (non-hydrogen) atoms. The van der Waals surface area contributed by atoms with Crippen LogP contribution in [-0.2, 0) is 17.4 Å². The molecule has 1 heterocycles. The van der Waals surface area contributed by atoms with Gasteiger partial charge in [-0.3, -0.25) is 9.59 Å². The number of amides is 2. The monoisotopic (exact) mass is 494 g/mol. The maximum atomic E-state index is 13.7. The van der Waals surface area contributed by atoms with Crippen LogP contribution in [-0.4, -0.2) is 18.4 Å². The van der Waals surface area contributed by atoms with Crippen molar-refractivity contribution >= 4 is 23.2 Å². The third kappa shape index (κ3) is 6.32. The van der Waals surface area contributed by atoms with Gasteiger partial charge in [0.05, 0.1) is 17.5 Å². The van der Waals surface area contributed by atoms with Gasteiger partial charge in [0.25, 0.3) is 11.8 Å². The first-order valence-electron chi connectivity index (χ1n) is 10.9. The third-order valence-corrected chi connectivity index (χ3v) is 5.17. The average Bonchev–Trinajstić information content (AvgIpc) is 3.40. The standard InChI is InChI=1S/C27H21F3N2O4/c28-27(29,30)21-16-20(31-26(34)24-11-6-14-35-24)12-13-22(21)32-25(33)17-36-23-10-5-4-9-19(23)15-18-7-2-1-3-8-18/h1-14,16H,15,17H2,(H,31,34)(H,32,33). The van der Waals surface area contributed by atoms with Gasteiger partial charge in [-0.2, -0.15) is 13.2 Å². The summed E-state index contributed by atoms with van der Waals surface area (Å²) in [4.78, 5) is 24.6. The molecule has 4 aromatic rings. The topological polar surface area (TPSA) is 80.6 Å². The highest BCUT2D eigenvalue weighted by atomic mass is 19.4. The Morgan fingerprint density at radius 3 is 2.33 bits per heavy atom. The van der Waals surface area contributed by atoms with Crippen molar-refractivity contribution in [3.63, 3.8) is 0 Å². The summed E-state index contributed by atoms with van der Waals surface area (Å²) in [7, 11) is 0. The number of rotatable bonds is 8. The van der Waals surface area contributed by atoms with Crippen molar-refractivity contribution in [2.75, 3.05) is 17.2 Å². The summed E-state index contributed by atoms with van der Waals surface area (Å²) in [5.41, 5.74) is 0.214. The molecule has 6 nitrogen and oxygen atoms in total. The van der Waals surface area contributed by atoms with Crippen LogP contribution >= 0.6 is 0 Å². The number of ether oxygens (including phenoxy) is 1. The van der Waals surface area contributed by atoms with E-state index in [1.807, 2.05) is 42.5 Å². The van der Waals surface area contributed by atoms with E-state index in [1.165, 1.54) is 24.5 Å². The predicted octanol–water partition coefficient (Wildman–Crippen LogP) is 6.16. The Balaban J connectivity index is 1.44. The molecule has 1 aromatic heterocycles. The number of furan rings is 1. The zero-order valence-electron chi connectivity index (χ0n) is 18.8. The lowest BCUT2D eigenvalue weighted by Gasteiger charge is -2.16. The van der Waals surface area contributed by atoms with Crippen molar-refractivity contribution in [3.05, 3.63) is 114 Å². The molecule has 2 N–H and O–H groups in total. The molecule has 184 valence electrons. The number of carbonyl (C=O) groups is 2. The molecule has 0 fully saturated rings.